The Hall–Kier alpha value is -3.39. The molecule has 0 radical (unpaired) electrons. The number of hydrogen-bond acceptors (Lipinski definition) is 6. The van der Waals surface area contributed by atoms with Gasteiger partial charge in [-0.25, -0.2) is 4.68 Å². The molecule has 1 aromatic heterocycles. The number of nitrogens with one attached hydrogen (secondary N) is 1. The Morgan fingerprint density at radius 2 is 1.85 bits per heavy atom. The third-order valence-electron chi connectivity index (χ3n) is 4.66. The molecule has 3 rings (SSSR count). The molecule has 33 heavy (non-hydrogen) atoms. The third-order valence-corrected chi connectivity index (χ3v) is 4.66. The number of carbonyl (C=O) groups is 1. The molecule has 0 atom stereocenters. The lowest BCUT2D eigenvalue weighted by atomic mass is 9.92. The van der Waals surface area contributed by atoms with Gasteiger partial charge in [-0.05, 0) is 54.8 Å². The molecule has 1 heterocycles. The maximum atomic E-state index is 12.4. The number of hydrogen-bond donors (Lipinski definition) is 1. The van der Waals surface area contributed by atoms with Crippen LogP contribution in [0.15, 0.2) is 48.5 Å². The molecule has 0 unspecified atom stereocenters. The fourth-order valence-electron chi connectivity index (χ4n) is 3.20. The highest BCUT2D eigenvalue weighted by Gasteiger charge is 2.18. The van der Waals surface area contributed by atoms with Crippen LogP contribution < -0.4 is 14.8 Å². The summed E-state index contributed by atoms with van der Waals surface area (Å²) in [6.07, 6.45) is 0.426. The summed E-state index contributed by atoms with van der Waals surface area (Å²) < 4.78 is 18.0. The van der Waals surface area contributed by atoms with Crippen molar-refractivity contribution in [2.75, 3.05) is 32.2 Å². The number of amides is 1. The van der Waals surface area contributed by atoms with Crippen LogP contribution in [0.2, 0.25) is 0 Å². The standard InChI is InChI=1S/C25H32N4O4/c1-6-32-14-15-33-24-27-23(18-10-12-21(31-5)13-11-18)29(28-24)20-9-7-8-19(16-20)26-22(30)17-25(2,3)4/h7-13,16H,6,14-15,17H2,1-5H3,(H,26,30). The first kappa shape index (κ1) is 24.3. The van der Waals surface area contributed by atoms with Crippen molar-refractivity contribution in [3.05, 3.63) is 48.5 Å². The molecule has 0 aliphatic rings. The molecular formula is C25H32N4O4. The first-order valence-electron chi connectivity index (χ1n) is 11.0. The van der Waals surface area contributed by atoms with Crippen LogP contribution in [0.1, 0.15) is 34.1 Å². The first-order valence-corrected chi connectivity index (χ1v) is 11.0. The fraction of sp³-hybridized carbons (Fsp3) is 0.400. The van der Waals surface area contributed by atoms with Gasteiger partial charge in [0.05, 0.1) is 19.4 Å². The highest BCUT2D eigenvalue weighted by Crippen LogP contribution is 2.27. The fourth-order valence-corrected chi connectivity index (χ4v) is 3.20. The van der Waals surface area contributed by atoms with Gasteiger partial charge in [0.2, 0.25) is 5.91 Å². The van der Waals surface area contributed by atoms with Crippen molar-refractivity contribution < 1.29 is 19.0 Å². The molecule has 0 fully saturated rings. The second-order valence-corrected chi connectivity index (χ2v) is 8.74. The average Bonchev–Trinajstić information content (AvgIpc) is 3.20. The molecule has 3 aromatic rings. The van der Waals surface area contributed by atoms with E-state index in [2.05, 4.69) is 15.4 Å². The molecule has 0 spiro atoms. The highest BCUT2D eigenvalue weighted by molar-refractivity contribution is 5.91. The number of anilines is 1. The number of nitrogens with zero attached hydrogens (tertiary/aromatic N) is 3. The van der Waals surface area contributed by atoms with E-state index in [0.717, 1.165) is 17.0 Å². The highest BCUT2D eigenvalue weighted by atomic mass is 16.5. The van der Waals surface area contributed by atoms with E-state index in [1.165, 1.54) is 0 Å². The molecule has 1 amide bonds. The summed E-state index contributed by atoms with van der Waals surface area (Å²) in [7, 11) is 1.63. The Morgan fingerprint density at radius 1 is 1.09 bits per heavy atom. The number of ether oxygens (including phenoxy) is 3. The van der Waals surface area contributed by atoms with E-state index in [4.69, 9.17) is 14.2 Å². The molecule has 0 bridgehead atoms. The molecule has 0 aliphatic heterocycles. The van der Waals surface area contributed by atoms with Gasteiger partial charge in [0, 0.05) is 24.3 Å². The molecular weight excluding hydrogens is 420 g/mol. The summed E-state index contributed by atoms with van der Waals surface area (Å²) in [5.74, 6) is 1.33. The minimum Gasteiger partial charge on any atom is -0.497 e. The van der Waals surface area contributed by atoms with Crippen LogP contribution in [0.25, 0.3) is 17.1 Å². The predicted molar refractivity (Wildman–Crippen MR) is 128 cm³/mol. The number of carbonyl (C=O) groups excluding carboxylic acids is 1. The molecule has 0 aliphatic carbocycles. The quantitative estimate of drug-likeness (QED) is 0.447. The van der Waals surface area contributed by atoms with Gasteiger partial charge in [0.1, 0.15) is 12.4 Å². The van der Waals surface area contributed by atoms with Gasteiger partial charge in [0.25, 0.3) is 0 Å². The maximum Gasteiger partial charge on any atom is 0.336 e. The lowest BCUT2D eigenvalue weighted by molar-refractivity contribution is -0.117. The minimum atomic E-state index is -0.0944. The van der Waals surface area contributed by atoms with Crippen LogP contribution in [0.5, 0.6) is 11.8 Å². The van der Waals surface area contributed by atoms with Crippen LogP contribution >= 0.6 is 0 Å². The van der Waals surface area contributed by atoms with Crippen LogP contribution in [-0.4, -0.2) is 47.6 Å². The zero-order valence-corrected chi connectivity index (χ0v) is 19.9. The molecule has 0 saturated carbocycles. The van der Waals surface area contributed by atoms with Crippen molar-refractivity contribution in [3.8, 4) is 28.8 Å². The smallest absolute Gasteiger partial charge is 0.336 e. The van der Waals surface area contributed by atoms with Crippen molar-refractivity contribution in [3.63, 3.8) is 0 Å². The molecule has 8 heteroatoms. The topological polar surface area (TPSA) is 87.5 Å². The number of rotatable bonds is 10. The van der Waals surface area contributed by atoms with Gasteiger partial charge >= 0.3 is 6.01 Å². The predicted octanol–water partition coefficient (Wildman–Crippen LogP) is 4.73. The van der Waals surface area contributed by atoms with E-state index < -0.39 is 0 Å². The molecule has 176 valence electrons. The van der Waals surface area contributed by atoms with Gasteiger partial charge in [-0.15, -0.1) is 5.10 Å². The largest absolute Gasteiger partial charge is 0.497 e. The zero-order valence-electron chi connectivity index (χ0n) is 19.9. The Morgan fingerprint density at radius 3 is 2.52 bits per heavy atom. The zero-order chi connectivity index (χ0) is 23.8. The lowest BCUT2D eigenvalue weighted by Crippen LogP contribution is -2.19. The maximum absolute atomic E-state index is 12.4. The van der Waals surface area contributed by atoms with Crippen LogP contribution in [-0.2, 0) is 9.53 Å². The van der Waals surface area contributed by atoms with Crippen LogP contribution in [0.3, 0.4) is 0 Å². The Labute approximate surface area is 194 Å². The SMILES string of the molecule is CCOCCOc1nc(-c2ccc(OC)cc2)n(-c2cccc(NC(=O)CC(C)(C)C)c2)n1. The van der Waals surface area contributed by atoms with Gasteiger partial charge in [0.15, 0.2) is 5.82 Å². The summed E-state index contributed by atoms with van der Waals surface area (Å²) in [6.45, 7) is 9.46. The Balaban J connectivity index is 1.91. The van der Waals surface area contributed by atoms with E-state index in [-0.39, 0.29) is 17.3 Å². The van der Waals surface area contributed by atoms with Crippen molar-refractivity contribution in [2.45, 2.75) is 34.1 Å². The average molecular weight is 453 g/mol. The number of methoxy groups -OCH3 is 1. The van der Waals surface area contributed by atoms with E-state index in [0.29, 0.717) is 37.8 Å². The monoisotopic (exact) mass is 452 g/mol. The van der Waals surface area contributed by atoms with Gasteiger partial charge in [-0.3, -0.25) is 4.79 Å². The van der Waals surface area contributed by atoms with E-state index in [1.807, 2.05) is 76.2 Å². The van der Waals surface area contributed by atoms with E-state index in [1.54, 1.807) is 11.8 Å². The summed E-state index contributed by atoms with van der Waals surface area (Å²) >= 11 is 0. The normalized spacial score (nSPS) is 11.3. The summed E-state index contributed by atoms with van der Waals surface area (Å²) in [4.78, 5) is 17.0. The number of benzene rings is 2. The molecule has 8 nitrogen and oxygen atoms in total. The second-order valence-electron chi connectivity index (χ2n) is 8.74. The van der Waals surface area contributed by atoms with Gasteiger partial charge in [-0.1, -0.05) is 26.8 Å². The summed E-state index contributed by atoms with van der Waals surface area (Å²) in [5.41, 5.74) is 2.20. The third kappa shape index (κ3) is 7.05. The van der Waals surface area contributed by atoms with Gasteiger partial charge < -0.3 is 19.5 Å². The Bertz CT molecular complexity index is 1060. The first-order chi connectivity index (χ1) is 15.8. The van der Waals surface area contributed by atoms with Crippen LogP contribution in [0, 0.1) is 5.41 Å². The molecule has 0 saturated heterocycles. The van der Waals surface area contributed by atoms with Crippen molar-refractivity contribution >= 4 is 11.6 Å². The van der Waals surface area contributed by atoms with Crippen molar-refractivity contribution in [1.29, 1.82) is 0 Å². The second kappa shape index (κ2) is 11.0. The van der Waals surface area contributed by atoms with E-state index >= 15 is 0 Å². The Kier molecular flexibility index (Phi) is 8.06. The van der Waals surface area contributed by atoms with Crippen molar-refractivity contribution in [2.24, 2.45) is 5.41 Å². The summed E-state index contributed by atoms with van der Waals surface area (Å²) in [6, 6.07) is 15.3. The van der Waals surface area contributed by atoms with Crippen LogP contribution in [0.4, 0.5) is 5.69 Å². The van der Waals surface area contributed by atoms with Gasteiger partial charge in [-0.2, -0.15) is 4.98 Å². The summed E-state index contributed by atoms with van der Waals surface area (Å²) in [5, 5.41) is 7.53. The van der Waals surface area contributed by atoms with E-state index in [9.17, 15) is 4.79 Å². The van der Waals surface area contributed by atoms with Crippen molar-refractivity contribution in [1.82, 2.24) is 14.8 Å². The number of aromatic nitrogens is 3. The molecule has 1 N–H and O–H groups in total. The lowest BCUT2D eigenvalue weighted by Gasteiger charge is -2.17. The minimum absolute atomic E-state index is 0.0337. The molecule has 2 aromatic carbocycles.